The number of carbonyl (C=O) groups excluding carboxylic acids is 1. The predicted octanol–water partition coefficient (Wildman–Crippen LogP) is 3.27. The zero-order valence-corrected chi connectivity index (χ0v) is 15.3. The van der Waals surface area contributed by atoms with Crippen LogP contribution in [0.4, 0.5) is 5.95 Å². The van der Waals surface area contributed by atoms with Gasteiger partial charge in [-0.05, 0) is 36.4 Å². The molecule has 0 saturated carbocycles. The zero-order valence-electron chi connectivity index (χ0n) is 13.7. The summed E-state index contributed by atoms with van der Waals surface area (Å²) in [6.45, 7) is 0.960. The first-order valence-corrected chi connectivity index (χ1v) is 8.68. The molecule has 0 spiro atoms. The number of anilines is 1. The SMILES string of the molecule is O=C(NCCNc1ncccn1)c1ccc(Oc2ccc(Br)cc2)nc1. The molecule has 0 aliphatic rings. The van der Waals surface area contributed by atoms with Crippen molar-refractivity contribution in [1.82, 2.24) is 20.3 Å². The van der Waals surface area contributed by atoms with Gasteiger partial charge in [0.1, 0.15) is 5.75 Å². The molecule has 2 aromatic heterocycles. The van der Waals surface area contributed by atoms with E-state index in [1.165, 1.54) is 6.20 Å². The van der Waals surface area contributed by atoms with Gasteiger partial charge in [0.25, 0.3) is 5.91 Å². The highest BCUT2D eigenvalue weighted by Gasteiger charge is 2.06. The number of pyridine rings is 1. The Balaban J connectivity index is 1.46. The molecule has 0 aliphatic carbocycles. The van der Waals surface area contributed by atoms with E-state index in [2.05, 4.69) is 41.5 Å². The number of amides is 1. The van der Waals surface area contributed by atoms with E-state index in [1.54, 1.807) is 30.6 Å². The number of ether oxygens (including phenoxy) is 1. The van der Waals surface area contributed by atoms with E-state index >= 15 is 0 Å². The molecule has 7 nitrogen and oxygen atoms in total. The molecule has 1 aromatic carbocycles. The Labute approximate surface area is 159 Å². The highest BCUT2D eigenvalue weighted by Crippen LogP contribution is 2.21. The molecule has 1 amide bonds. The van der Waals surface area contributed by atoms with Crippen LogP contribution in [0.3, 0.4) is 0 Å². The van der Waals surface area contributed by atoms with Gasteiger partial charge in [-0.2, -0.15) is 0 Å². The Kier molecular flexibility index (Phi) is 6.10. The number of hydrogen-bond acceptors (Lipinski definition) is 6. The van der Waals surface area contributed by atoms with Crippen LogP contribution in [0.5, 0.6) is 11.6 Å². The smallest absolute Gasteiger partial charge is 0.252 e. The van der Waals surface area contributed by atoms with Gasteiger partial charge < -0.3 is 15.4 Å². The van der Waals surface area contributed by atoms with Crippen LogP contribution in [-0.4, -0.2) is 33.9 Å². The first-order valence-electron chi connectivity index (χ1n) is 7.89. The van der Waals surface area contributed by atoms with Crippen LogP contribution in [0.15, 0.2) is 65.5 Å². The van der Waals surface area contributed by atoms with E-state index in [-0.39, 0.29) is 5.91 Å². The Morgan fingerprint density at radius 2 is 1.77 bits per heavy atom. The molecule has 0 unspecified atom stereocenters. The van der Waals surface area contributed by atoms with E-state index in [1.807, 2.05) is 24.3 Å². The van der Waals surface area contributed by atoms with Gasteiger partial charge in [-0.25, -0.2) is 15.0 Å². The van der Waals surface area contributed by atoms with E-state index in [0.717, 1.165) is 4.47 Å². The first kappa shape index (κ1) is 17.8. The normalized spacial score (nSPS) is 10.2. The van der Waals surface area contributed by atoms with Gasteiger partial charge in [0.15, 0.2) is 0 Å². The van der Waals surface area contributed by atoms with Crippen LogP contribution < -0.4 is 15.4 Å². The molecule has 0 saturated heterocycles. The fourth-order valence-electron chi connectivity index (χ4n) is 2.04. The summed E-state index contributed by atoms with van der Waals surface area (Å²) in [5, 5.41) is 5.82. The Morgan fingerprint density at radius 1 is 1.00 bits per heavy atom. The number of halogens is 1. The molecule has 3 rings (SSSR count). The Hall–Kier alpha value is -3.00. The summed E-state index contributed by atoms with van der Waals surface area (Å²) in [5.41, 5.74) is 0.462. The molecular formula is C18H16BrN5O2. The number of benzene rings is 1. The lowest BCUT2D eigenvalue weighted by atomic mass is 10.2. The lowest BCUT2D eigenvalue weighted by Crippen LogP contribution is -2.29. The predicted molar refractivity (Wildman–Crippen MR) is 101 cm³/mol. The molecule has 0 atom stereocenters. The number of aromatic nitrogens is 3. The van der Waals surface area contributed by atoms with Crippen molar-refractivity contribution < 1.29 is 9.53 Å². The van der Waals surface area contributed by atoms with Gasteiger partial charge in [0, 0.05) is 42.2 Å². The standard InChI is InChI=1S/C18H16BrN5O2/c19-14-3-5-15(6-4-14)26-16-7-2-13(12-24-16)17(25)20-10-11-23-18-21-8-1-9-22-18/h1-9,12H,10-11H2,(H,20,25)(H,21,22,23). The second kappa shape index (κ2) is 8.91. The molecule has 0 radical (unpaired) electrons. The lowest BCUT2D eigenvalue weighted by Gasteiger charge is -2.08. The average molecular weight is 414 g/mol. The number of hydrogen-bond donors (Lipinski definition) is 2. The topological polar surface area (TPSA) is 89.0 Å². The molecule has 0 bridgehead atoms. The van der Waals surface area contributed by atoms with Crippen LogP contribution in [-0.2, 0) is 0 Å². The van der Waals surface area contributed by atoms with Crippen molar-refractivity contribution in [3.05, 3.63) is 71.1 Å². The van der Waals surface area contributed by atoms with Crippen molar-refractivity contribution >= 4 is 27.8 Å². The zero-order chi connectivity index (χ0) is 18.2. The van der Waals surface area contributed by atoms with E-state index in [4.69, 9.17) is 4.74 Å². The number of rotatable bonds is 7. The minimum absolute atomic E-state index is 0.205. The summed E-state index contributed by atoms with van der Waals surface area (Å²) in [4.78, 5) is 24.4. The van der Waals surface area contributed by atoms with Gasteiger partial charge in [0.2, 0.25) is 11.8 Å². The third-order valence-electron chi connectivity index (χ3n) is 3.29. The monoisotopic (exact) mass is 413 g/mol. The molecule has 132 valence electrons. The third-order valence-corrected chi connectivity index (χ3v) is 3.82. The fraction of sp³-hybridized carbons (Fsp3) is 0.111. The molecule has 0 fully saturated rings. The molecule has 2 heterocycles. The lowest BCUT2D eigenvalue weighted by molar-refractivity contribution is 0.0955. The summed E-state index contributed by atoms with van der Waals surface area (Å²) in [6, 6.07) is 12.5. The maximum atomic E-state index is 12.1. The van der Waals surface area contributed by atoms with Crippen molar-refractivity contribution in [2.24, 2.45) is 0 Å². The maximum absolute atomic E-state index is 12.1. The van der Waals surface area contributed by atoms with Crippen LogP contribution in [0.1, 0.15) is 10.4 Å². The summed E-state index contributed by atoms with van der Waals surface area (Å²) < 4.78 is 6.60. The van der Waals surface area contributed by atoms with E-state index in [9.17, 15) is 4.79 Å². The number of nitrogens with one attached hydrogen (secondary N) is 2. The van der Waals surface area contributed by atoms with Gasteiger partial charge in [-0.1, -0.05) is 15.9 Å². The minimum Gasteiger partial charge on any atom is -0.439 e. The van der Waals surface area contributed by atoms with Crippen LogP contribution in [0.25, 0.3) is 0 Å². The fourth-order valence-corrected chi connectivity index (χ4v) is 2.31. The van der Waals surface area contributed by atoms with Gasteiger partial charge >= 0.3 is 0 Å². The van der Waals surface area contributed by atoms with E-state index < -0.39 is 0 Å². The van der Waals surface area contributed by atoms with Crippen molar-refractivity contribution in [2.45, 2.75) is 0 Å². The Bertz CT molecular complexity index is 842. The van der Waals surface area contributed by atoms with Crippen molar-refractivity contribution in [3.8, 4) is 11.6 Å². The quantitative estimate of drug-likeness (QED) is 0.577. The highest BCUT2D eigenvalue weighted by molar-refractivity contribution is 9.10. The Morgan fingerprint density at radius 3 is 2.46 bits per heavy atom. The summed E-state index contributed by atoms with van der Waals surface area (Å²) >= 11 is 3.37. The maximum Gasteiger partial charge on any atom is 0.252 e. The molecule has 3 aromatic rings. The number of carbonyl (C=O) groups is 1. The number of nitrogens with zero attached hydrogens (tertiary/aromatic N) is 3. The molecule has 26 heavy (non-hydrogen) atoms. The van der Waals surface area contributed by atoms with Crippen molar-refractivity contribution in [3.63, 3.8) is 0 Å². The van der Waals surface area contributed by atoms with Crippen LogP contribution in [0.2, 0.25) is 0 Å². The molecule has 2 N–H and O–H groups in total. The third kappa shape index (κ3) is 5.25. The minimum atomic E-state index is -0.205. The second-order valence-electron chi connectivity index (χ2n) is 5.20. The van der Waals surface area contributed by atoms with E-state index in [0.29, 0.717) is 36.2 Å². The first-order chi connectivity index (χ1) is 12.7. The molecular weight excluding hydrogens is 398 g/mol. The summed E-state index contributed by atoms with van der Waals surface area (Å²) in [5.74, 6) is 1.42. The average Bonchev–Trinajstić information content (AvgIpc) is 2.68. The summed E-state index contributed by atoms with van der Waals surface area (Å²) in [7, 11) is 0. The second-order valence-corrected chi connectivity index (χ2v) is 6.11. The van der Waals surface area contributed by atoms with Crippen LogP contribution in [0, 0.1) is 0 Å². The van der Waals surface area contributed by atoms with Crippen LogP contribution >= 0.6 is 15.9 Å². The molecule has 8 heteroatoms. The molecule has 0 aliphatic heterocycles. The summed E-state index contributed by atoms with van der Waals surface area (Å²) in [6.07, 6.45) is 4.78. The van der Waals surface area contributed by atoms with Gasteiger partial charge in [-0.15, -0.1) is 0 Å². The largest absolute Gasteiger partial charge is 0.439 e. The van der Waals surface area contributed by atoms with Crippen molar-refractivity contribution in [1.29, 1.82) is 0 Å². The van der Waals surface area contributed by atoms with Gasteiger partial charge in [-0.3, -0.25) is 4.79 Å². The highest BCUT2D eigenvalue weighted by atomic mass is 79.9. The van der Waals surface area contributed by atoms with Gasteiger partial charge in [0.05, 0.1) is 5.56 Å². The van der Waals surface area contributed by atoms with Crippen molar-refractivity contribution in [2.75, 3.05) is 18.4 Å².